The van der Waals surface area contributed by atoms with Crippen molar-refractivity contribution in [3.63, 3.8) is 0 Å². The van der Waals surface area contributed by atoms with Crippen molar-refractivity contribution < 1.29 is 14.7 Å². The van der Waals surface area contributed by atoms with Gasteiger partial charge in [-0.2, -0.15) is 0 Å². The Kier molecular flexibility index (Phi) is 6.43. The molecule has 1 aromatic rings. The van der Waals surface area contributed by atoms with Gasteiger partial charge in [0.2, 0.25) is 5.91 Å². The summed E-state index contributed by atoms with van der Waals surface area (Å²) in [5.41, 5.74) is 1.55. The van der Waals surface area contributed by atoms with Crippen molar-refractivity contribution in [1.82, 2.24) is 14.8 Å². The van der Waals surface area contributed by atoms with E-state index in [2.05, 4.69) is 17.1 Å². The maximum Gasteiger partial charge on any atom is 0.337 e. The van der Waals surface area contributed by atoms with Gasteiger partial charge in [-0.1, -0.05) is 6.42 Å². The number of carboxylic acids is 1. The number of nitrogens with zero attached hydrogens (tertiary/aromatic N) is 2. The number of hydrogen-bond donors (Lipinski definition) is 2. The molecular formula is C18H29N3O3. The lowest BCUT2D eigenvalue weighted by Crippen LogP contribution is -2.42. The van der Waals surface area contributed by atoms with Crippen LogP contribution in [0, 0.1) is 6.92 Å². The monoisotopic (exact) mass is 335 g/mol. The predicted molar refractivity (Wildman–Crippen MR) is 93.4 cm³/mol. The Balaban J connectivity index is 1.91. The van der Waals surface area contributed by atoms with Gasteiger partial charge in [-0.3, -0.25) is 9.69 Å². The largest absolute Gasteiger partial charge is 0.478 e. The molecule has 1 amide bonds. The number of aromatic nitrogens is 1. The Morgan fingerprint density at radius 2 is 2.12 bits per heavy atom. The summed E-state index contributed by atoms with van der Waals surface area (Å²) in [5.74, 6) is -1.08. The number of nitrogens with one attached hydrogen (secondary N) is 1. The first-order chi connectivity index (χ1) is 11.4. The van der Waals surface area contributed by atoms with Crippen LogP contribution < -0.4 is 5.32 Å². The highest BCUT2D eigenvalue weighted by atomic mass is 16.4. The van der Waals surface area contributed by atoms with Gasteiger partial charge in [-0.15, -0.1) is 0 Å². The molecule has 0 aliphatic carbocycles. The van der Waals surface area contributed by atoms with E-state index >= 15 is 0 Å². The van der Waals surface area contributed by atoms with Crippen molar-refractivity contribution >= 4 is 11.9 Å². The van der Waals surface area contributed by atoms with E-state index in [0.717, 1.165) is 13.1 Å². The number of aromatic carboxylic acids is 1. The van der Waals surface area contributed by atoms with Crippen molar-refractivity contribution in [3.05, 3.63) is 23.0 Å². The molecule has 2 rings (SSSR count). The molecule has 134 valence electrons. The fourth-order valence-corrected chi connectivity index (χ4v) is 3.55. The Morgan fingerprint density at radius 1 is 1.38 bits per heavy atom. The summed E-state index contributed by atoms with van der Waals surface area (Å²) in [6, 6.07) is 0.578. The second kappa shape index (κ2) is 8.33. The van der Waals surface area contributed by atoms with Crippen molar-refractivity contribution in [2.24, 2.45) is 0 Å². The van der Waals surface area contributed by atoms with E-state index in [4.69, 9.17) is 0 Å². The van der Waals surface area contributed by atoms with Gasteiger partial charge >= 0.3 is 5.97 Å². The first-order valence-corrected chi connectivity index (χ1v) is 8.86. The van der Waals surface area contributed by atoms with Gasteiger partial charge in [0.25, 0.3) is 0 Å². The van der Waals surface area contributed by atoms with Crippen LogP contribution in [0.3, 0.4) is 0 Å². The molecule has 0 saturated carbocycles. The van der Waals surface area contributed by atoms with E-state index in [1.54, 1.807) is 6.92 Å². The van der Waals surface area contributed by atoms with Gasteiger partial charge in [-0.05, 0) is 45.7 Å². The number of piperidine rings is 1. The highest BCUT2D eigenvalue weighted by Gasteiger charge is 2.21. The lowest BCUT2D eigenvalue weighted by molar-refractivity contribution is -0.120. The highest BCUT2D eigenvalue weighted by Crippen LogP contribution is 2.18. The summed E-state index contributed by atoms with van der Waals surface area (Å²) < 4.78 is 1.85. The van der Waals surface area contributed by atoms with Gasteiger partial charge in [0.05, 0.1) is 12.0 Å². The lowest BCUT2D eigenvalue weighted by Gasteiger charge is -2.33. The third-order valence-electron chi connectivity index (χ3n) is 4.92. The quantitative estimate of drug-likeness (QED) is 0.800. The smallest absolute Gasteiger partial charge is 0.337 e. The zero-order chi connectivity index (χ0) is 17.7. The molecule has 1 aromatic heterocycles. The molecule has 2 heterocycles. The van der Waals surface area contributed by atoms with Gasteiger partial charge in [0.1, 0.15) is 0 Å². The van der Waals surface area contributed by atoms with Crippen molar-refractivity contribution in [2.75, 3.05) is 19.6 Å². The number of aryl methyl sites for hydroxylation is 2. The van der Waals surface area contributed by atoms with E-state index < -0.39 is 5.97 Å². The molecule has 6 nitrogen and oxygen atoms in total. The summed E-state index contributed by atoms with van der Waals surface area (Å²) >= 11 is 0. The number of carbonyl (C=O) groups excluding carboxylic acids is 1. The summed E-state index contributed by atoms with van der Waals surface area (Å²) in [7, 11) is 0. The molecule has 1 atom stereocenters. The minimum atomic E-state index is -0.968. The van der Waals surface area contributed by atoms with Crippen LogP contribution in [0.25, 0.3) is 0 Å². The van der Waals surface area contributed by atoms with E-state index in [9.17, 15) is 14.7 Å². The Hall–Kier alpha value is -1.82. The fourth-order valence-electron chi connectivity index (χ4n) is 3.55. The summed E-state index contributed by atoms with van der Waals surface area (Å²) in [6.07, 6.45) is 5.65. The van der Waals surface area contributed by atoms with Gasteiger partial charge in [0, 0.05) is 37.6 Å². The van der Waals surface area contributed by atoms with Crippen molar-refractivity contribution in [2.45, 2.75) is 59.0 Å². The molecule has 2 N–H and O–H groups in total. The second-order valence-electron chi connectivity index (χ2n) is 6.63. The van der Waals surface area contributed by atoms with E-state index in [0.29, 0.717) is 30.4 Å². The number of amides is 1. The average molecular weight is 335 g/mol. The van der Waals surface area contributed by atoms with E-state index in [1.807, 2.05) is 17.7 Å². The van der Waals surface area contributed by atoms with E-state index in [1.165, 1.54) is 19.3 Å². The van der Waals surface area contributed by atoms with Crippen LogP contribution in [0.4, 0.5) is 0 Å². The number of carbonyl (C=O) groups is 2. The Bertz CT molecular complexity index is 595. The average Bonchev–Trinajstić information content (AvgIpc) is 2.84. The SMILES string of the molecule is CCn1cc(C)c(C(=O)O)c1CC(=O)NCCN1CCCC[C@@H]1C. The summed E-state index contributed by atoms with van der Waals surface area (Å²) in [4.78, 5) is 26.1. The van der Waals surface area contributed by atoms with E-state index in [-0.39, 0.29) is 17.9 Å². The van der Waals surface area contributed by atoms with Crippen molar-refractivity contribution in [1.29, 1.82) is 0 Å². The molecule has 0 radical (unpaired) electrons. The van der Waals surface area contributed by atoms with Crippen LogP contribution in [-0.2, 0) is 17.8 Å². The van der Waals surface area contributed by atoms with Crippen LogP contribution in [0.5, 0.6) is 0 Å². The molecule has 1 fully saturated rings. The molecule has 0 aromatic carbocycles. The maximum absolute atomic E-state index is 12.3. The number of carboxylic acid groups (broad SMARTS) is 1. The fraction of sp³-hybridized carbons (Fsp3) is 0.667. The highest BCUT2D eigenvalue weighted by molar-refractivity contribution is 5.93. The van der Waals surface area contributed by atoms with Gasteiger partial charge in [-0.25, -0.2) is 4.79 Å². The first-order valence-electron chi connectivity index (χ1n) is 8.86. The number of hydrogen-bond acceptors (Lipinski definition) is 3. The van der Waals surface area contributed by atoms with Gasteiger partial charge in [0.15, 0.2) is 0 Å². The molecule has 6 heteroatoms. The van der Waals surface area contributed by atoms with Crippen molar-refractivity contribution in [3.8, 4) is 0 Å². The topological polar surface area (TPSA) is 74.6 Å². The standard InChI is InChI=1S/C18H29N3O3/c1-4-20-12-13(2)17(18(23)24)15(20)11-16(22)19-8-10-21-9-6-5-7-14(21)3/h12,14H,4-11H2,1-3H3,(H,19,22)(H,23,24)/t14-/m0/s1. The molecular weight excluding hydrogens is 306 g/mol. The third kappa shape index (κ3) is 4.38. The predicted octanol–water partition coefficient (Wildman–Crippen LogP) is 2.05. The second-order valence-corrected chi connectivity index (χ2v) is 6.63. The van der Waals surface area contributed by atoms with Gasteiger partial charge < -0.3 is 15.0 Å². The molecule has 1 aliphatic rings. The molecule has 1 aliphatic heterocycles. The minimum Gasteiger partial charge on any atom is -0.478 e. The Morgan fingerprint density at radius 3 is 2.75 bits per heavy atom. The van der Waals surface area contributed by atoms with Crippen LogP contribution in [0.1, 0.15) is 54.7 Å². The van der Waals surface area contributed by atoms with Crippen LogP contribution in [0.2, 0.25) is 0 Å². The lowest BCUT2D eigenvalue weighted by atomic mass is 10.0. The normalized spacial score (nSPS) is 18.5. The Labute approximate surface area is 143 Å². The summed E-state index contributed by atoms with van der Waals surface area (Å²) in [6.45, 7) is 9.17. The summed E-state index contributed by atoms with van der Waals surface area (Å²) in [5, 5.41) is 12.3. The molecule has 24 heavy (non-hydrogen) atoms. The first kappa shape index (κ1) is 18.5. The third-order valence-corrected chi connectivity index (χ3v) is 4.92. The molecule has 0 unspecified atom stereocenters. The molecule has 1 saturated heterocycles. The zero-order valence-electron chi connectivity index (χ0n) is 15.0. The zero-order valence-corrected chi connectivity index (χ0v) is 15.0. The maximum atomic E-state index is 12.3. The van der Waals surface area contributed by atoms with Crippen LogP contribution in [0.15, 0.2) is 6.20 Å². The molecule has 0 bridgehead atoms. The van der Waals surface area contributed by atoms with Crippen LogP contribution >= 0.6 is 0 Å². The number of likely N-dealkylation sites (tertiary alicyclic amines) is 1. The minimum absolute atomic E-state index is 0.110. The number of rotatable bonds is 7. The molecule has 0 spiro atoms. The van der Waals surface area contributed by atoms with Crippen LogP contribution in [-0.4, -0.2) is 52.1 Å².